The number of aromatic nitrogens is 4. The summed E-state index contributed by atoms with van der Waals surface area (Å²) in [7, 11) is 1.88. The molecule has 1 fully saturated rings. The number of ketones is 1. The molecule has 1 saturated carbocycles. The summed E-state index contributed by atoms with van der Waals surface area (Å²) in [6, 6.07) is 5.25. The summed E-state index contributed by atoms with van der Waals surface area (Å²) in [5, 5.41) is 4.33. The molecule has 3 aromatic rings. The number of hydrogen-bond acceptors (Lipinski definition) is 7. The largest absolute Gasteiger partial charge is 0.461 e. The van der Waals surface area contributed by atoms with E-state index in [4.69, 9.17) is 9.47 Å². The third-order valence-electron chi connectivity index (χ3n) is 5.25. The van der Waals surface area contributed by atoms with Gasteiger partial charge in [0.25, 0.3) is 0 Å². The van der Waals surface area contributed by atoms with E-state index in [1.54, 1.807) is 32.3 Å². The minimum absolute atomic E-state index is 0.0348. The van der Waals surface area contributed by atoms with Gasteiger partial charge in [0.1, 0.15) is 6.54 Å². The van der Waals surface area contributed by atoms with Crippen molar-refractivity contribution in [3.63, 3.8) is 0 Å². The second-order valence-electron chi connectivity index (χ2n) is 7.47. The molecular formula is C22H24N4O5. The summed E-state index contributed by atoms with van der Waals surface area (Å²) in [5.41, 5.74) is 2.81. The van der Waals surface area contributed by atoms with Crippen LogP contribution in [0.4, 0.5) is 0 Å². The minimum atomic E-state index is -0.601. The lowest BCUT2D eigenvalue weighted by Gasteiger charge is -2.08. The standard InChI is InChI=1S/C22H24N4O5/c1-4-30-21(28)19-18(13-6-7-13)20(22(29)31-5-2)26(24-19)11-17(27)14-8-9-16-15(10-14)23-12-25(16)3/h8-10,12-13H,4-7,11H2,1-3H3. The molecule has 9 nitrogen and oxygen atoms in total. The van der Waals surface area contributed by atoms with Gasteiger partial charge in [-0.1, -0.05) is 0 Å². The predicted molar refractivity (Wildman–Crippen MR) is 111 cm³/mol. The first-order valence-corrected chi connectivity index (χ1v) is 10.3. The predicted octanol–water partition coefficient (Wildman–Crippen LogP) is 2.88. The van der Waals surface area contributed by atoms with E-state index in [9.17, 15) is 14.4 Å². The van der Waals surface area contributed by atoms with Gasteiger partial charge < -0.3 is 14.0 Å². The fourth-order valence-corrected chi connectivity index (χ4v) is 3.65. The zero-order valence-corrected chi connectivity index (χ0v) is 17.8. The summed E-state index contributed by atoms with van der Waals surface area (Å²) < 4.78 is 13.5. The highest BCUT2D eigenvalue weighted by Gasteiger charge is 2.38. The van der Waals surface area contributed by atoms with Gasteiger partial charge in [0.15, 0.2) is 17.2 Å². The molecule has 9 heteroatoms. The van der Waals surface area contributed by atoms with Crippen LogP contribution in [0.3, 0.4) is 0 Å². The maximum atomic E-state index is 13.0. The molecule has 0 radical (unpaired) electrons. The topological polar surface area (TPSA) is 105 Å². The Balaban J connectivity index is 1.73. The molecule has 0 N–H and O–H groups in total. The van der Waals surface area contributed by atoms with Gasteiger partial charge in [-0.15, -0.1) is 0 Å². The molecule has 0 aliphatic heterocycles. The van der Waals surface area contributed by atoms with Crippen LogP contribution in [0.25, 0.3) is 11.0 Å². The molecule has 0 unspecified atom stereocenters. The van der Waals surface area contributed by atoms with Gasteiger partial charge in [0.05, 0.1) is 30.6 Å². The van der Waals surface area contributed by atoms with Crippen molar-refractivity contribution in [3.8, 4) is 0 Å². The van der Waals surface area contributed by atoms with E-state index >= 15 is 0 Å². The van der Waals surface area contributed by atoms with Gasteiger partial charge in [-0.3, -0.25) is 4.79 Å². The van der Waals surface area contributed by atoms with E-state index in [2.05, 4.69) is 10.1 Å². The first kappa shape index (κ1) is 20.8. The molecule has 1 aliphatic carbocycles. The minimum Gasteiger partial charge on any atom is -0.461 e. The molecule has 0 bridgehead atoms. The number of carbonyl (C=O) groups excluding carboxylic acids is 3. The molecular weight excluding hydrogens is 400 g/mol. The van der Waals surface area contributed by atoms with Crippen LogP contribution in [-0.2, 0) is 23.1 Å². The van der Waals surface area contributed by atoms with Crippen LogP contribution in [0.5, 0.6) is 0 Å². The number of aryl methyl sites for hydroxylation is 1. The number of imidazole rings is 1. The van der Waals surface area contributed by atoms with E-state index < -0.39 is 11.9 Å². The number of Topliss-reactive ketones (excluding diaryl/α,β-unsaturated/α-hetero) is 1. The van der Waals surface area contributed by atoms with Gasteiger partial charge >= 0.3 is 11.9 Å². The average Bonchev–Trinajstić information content (AvgIpc) is 3.43. The van der Waals surface area contributed by atoms with Crippen molar-refractivity contribution in [1.82, 2.24) is 19.3 Å². The number of carbonyl (C=O) groups is 3. The van der Waals surface area contributed by atoms with E-state index in [0.29, 0.717) is 16.6 Å². The molecule has 0 spiro atoms. The molecule has 0 saturated heterocycles. The highest BCUT2D eigenvalue weighted by atomic mass is 16.5. The second-order valence-corrected chi connectivity index (χ2v) is 7.47. The number of nitrogens with zero attached hydrogens (tertiary/aromatic N) is 4. The number of hydrogen-bond donors (Lipinski definition) is 0. The Hall–Kier alpha value is -3.49. The quantitative estimate of drug-likeness (QED) is 0.404. The van der Waals surface area contributed by atoms with Crippen LogP contribution in [-0.4, -0.2) is 50.3 Å². The molecule has 162 valence electrons. The number of benzene rings is 1. The van der Waals surface area contributed by atoms with Crippen molar-refractivity contribution in [2.24, 2.45) is 7.05 Å². The van der Waals surface area contributed by atoms with Crippen LogP contribution >= 0.6 is 0 Å². The van der Waals surface area contributed by atoms with Crippen molar-refractivity contribution in [2.75, 3.05) is 13.2 Å². The maximum Gasteiger partial charge on any atom is 0.359 e. The van der Waals surface area contributed by atoms with Gasteiger partial charge in [-0.2, -0.15) is 5.10 Å². The zero-order chi connectivity index (χ0) is 22.1. The van der Waals surface area contributed by atoms with Crippen LogP contribution < -0.4 is 0 Å². The fraction of sp³-hybridized carbons (Fsp3) is 0.409. The Morgan fingerprint density at radius 1 is 1.10 bits per heavy atom. The van der Waals surface area contributed by atoms with Crippen LogP contribution in [0.15, 0.2) is 24.5 Å². The molecule has 0 atom stereocenters. The highest BCUT2D eigenvalue weighted by Crippen LogP contribution is 2.44. The van der Waals surface area contributed by atoms with E-state index in [0.717, 1.165) is 18.4 Å². The van der Waals surface area contributed by atoms with E-state index in [-0.39, 0.29) is 42.8 Å². The average molecular weight is 424 g/mol. The molecule has 0 amide bonds. The Bertz CT molecular complexity index is 1170. The summed E-state index contributed by atoms with van der Waals surface area (Å²) in [4.78, 5) is 42.6. The molecule has 4 rings (SSSR count). The van der Waals surface area contributed by atoms with Gasteiger partial charge in [0.2, 0.25) is 0 Å². The second kappa shape index (κ2) is 8.33. The Labute approximate surface area is 179 Å². The van der Waals surface area contributed by atoms with Crippen molar-refractivity contribution >= 4 is 28.8 Å². The van der Waals surface area contributed by atoms with Gasteiger partial charge in [0, 0.05) is 18.2 Å². The van der Waals surface area contributed by atoms with Gasteiger partial charge in [-0.05, 0) is 50.8 Å². The normalized spacial score (nSPS) is 13.4. The number of ether oxygens (including phenoxy) is 2. The third kappa shape index (κ3) is 3.95. The van der Waals surface area contributed by atoms with Crippen LogP contribution in [0.2, 0.25) is 0 Å². The van der Waals surface area contributed by atoms with Gasteiger partial charge in [-0.25, -0.2) is 19.3 Å². The molecule has 2 heterocycles. The Kier molecular flexibility index (Phi) is 5.58. The number of esters is 2. The van der Waals surface area contributed by atoms with Crippen molar-refractivity contribution in [3.05, 3.63) is 47.0 Å². The van der Waals surface area contributed by atoms with E-state index in [1.165, 1.54) is 4.68 Å². The van der Waals surface area contributed by atoms with E-state index in [1.807, 2.05) is 17.7 Å². The van der Waals surface area contributed by atoms with Crippen molar-refractivity contribution < 1.29 is 23.9 Å². The SMILES string of the molecule is CCOC(=O)c1nn(CC(=O)c2ccc3c(c2)ncn3C)c(C(=O)OCC)c1C1CC1. The first-order valence-electron chi connectivity index (χ1n) is 10.3. The Morgan fingerprint density at radius 3 is 2.48 bits per heavy atom. The molecule has 1 aromatic carbocycles. The van der Waals surface area contributed by atoms with Crippen LogP contribution in [0.1, 0.15) is 69.5 Å². The molecule has 1 aliphatic rings. The lowest BCUT2D eigenvalue weighted by Crippen LogP contribution is -2.19. The summed E-state index contributed by atoms with van der Waals surface area (Å²) in [5.74, 6) is -1.41. The van der Waals surface area contributed by atoms with Crippen LogP contribution in [0, 0.1) is 0 Å². The molecule has 31 heavy (non-hydrogen) atoms. The first-order chi connectivity index (χ1) is 14.9. The summed E-state index contributed by atoms with van der Waals surface area (Å²) >= 11 is 0. The summed E-state index contributed by atoms with van der Waals surface area (Å²) in [6.45, 7) is 3.57. The maximum absolute atomic E-state index is 13.0. The smallest absolute Gasteiger partial charge is 0.359 e. The fourth-order valence-electron chi connectivity index (χ4n) is 3.65. The Morgan fingerprint density at radius 2 is 1.81 bits per heavy atom. The third-order valence-corrected chi connectivity index (χ3v) is 5.25. The molecule has 2 aromatic heterocycles. The number of rotatable bonds is 8. The summed E-state index contributed by atoms with van der Waals surface area (Å²) in [6.07, 6.45) is 3.36. The van der Waals surface area contributed by atoms with Crippen molar-refractivity contribution in [1.29, 1.82) is 0 Å². The van der Waals surface area contributed by atoms with Crippen molar-refractivity contribution in [2.45, 2.75) is 39.2 Å². The zero-order valence-electron chi connectivity index (χ0n) is 17.8. The number of fused-ring (bicyclic) bond motifs is 1. The monoisotopic (exact) mass is 424 g/mol. The highest BCUT2D eigenvalue weighted by molar-refractivity contribution is 6.00. The lowest BCUT2D eigenvalue weighted by atomic mass is 10.1. The lowest BCUT2D eigenvalue weighted by molar-refractivity contribution is 0.0505.